The zero-order valence-corrected chi connectivity index (χ0v) is 9.43. The van der Waals surface area contributed by atoms with Gasteiger partial charge in [-0.1, -0.05) is 30.3 Å². The number of hydrogen-bond acceptors (Lipinski definition) is 3. The molecule has 2 fully saturated rings. The molecule has 0 radical (unpaired) electrons. The Morgan fingerprint density at radius 3 is 3.00 bits per heavy atom. The van der Waals surface area contributed by atoms with Gasteiger partial charge in [-0.3, -0.25) is 4.90 Å². The molecule has 0 aromatic heterocycles. The number of fused-ring (bicyclic) bond motifs is 1. The van der Waals surface area contributed by atoms with Gasteiger partial charge in [0.15, 0.2) is 0 Å². The van der Waals surface area contributed by atoms with Crippen LogP contribution < -0.4 is 5.32 Å². The molecule has 3 heteroatoms. The van der Waals surface area contributed by atoms with Gasteiger partial charge >= 0.3 is 0 Å². The van der Waals surface area contributed by atoms with Crippen LogP contribution in [0.15, 0.2) is 30.3 Å². The van der Waals surface area contributed by atoms with Crippen molar-refractivity contribution in [1.82, 2.24) is 10.2 Å². The maximum absolute atomic E-state index is 5.77. The van der Waals surface area contributed by atoms with Crippen molar-refractivity contribution in [2.75, 3.05) is 26.2 Å². The predicted octanol–water partition coefficient (Wildman–Crippen LogP) is 0.859. The van der Waals surface area contributed by atoms with Crippen LogP contribution in [0.4, 0.5) is 0 Å². The molecule has 1 N–H and O–H groups in total. The molecule has 2 aliphatic heterocycles. The second kappa shape index (κ2) is 4.53. The van der Waals surface area contributed by atoms with E-state index in [1.165, 1.54) is 5.56 Å². The monoisotopic (exact) mass is 218 g/mol. The lowest BCUT2D eigenvalue weighted by molar-refractivity contribution is -0.0500. The molecule has 2 atom stereocenters. The molecule has 3 nitrogen and oxygen atoms in total. The summed E-state index contributed by atoms with van der Waals surface area (Å²) in [5, 5.41) is 3.41. The second-order valence-electron chi connectivity index (χ2n) is 4.59. The van der Waals surface area contributed by atoms with Crippen molar-refractivity contribution in [3.05, 3.63) is 35.9 Å². The second-order valence-corrected chi connectivity index (χ2v) is 4.59. The summed E-state index contributed by atoms with van der Waals surface area (Å²) in [6.45, 7) is 5.05. The molecule has 2 saturated heterocycles. The maximum Gasteiger partial charge on any atom is 0.0867 e. The Hall–Kier alpha value is -0.900. The summed E-state index contributed by atoms with van der Waals surface area (Å²) in [5.41, 5.74) is 1.40. The van der Waals surface area contributed by atoms with Gasteiger partial charge in [-0.05, 0) is 5.56 Å². The van der Waals surface area contributed by atoms with Crippen molar-refractivity contribution in [1.29, 1.82) is 0 Å². The van der Waals surface area contributed by atoms with Gasteiger partial charge in [0.2, 0.25) is 0 Å². The van der Waals surface area contributed by atoms with Gasteiger partial charge in [0.25, 0.3) is 0 Å². The van der Waals surface area contributed by atoms with Gasteiger partial charge in [-0.2, -0.15) is 0 Å². The Morgan fingerprint density at radius 1 is 1.25 bits per heavy atom. The number of nitrogens with zero attached hydrogens (tertiary/aromatic N) is 1. The molecular formula is C13H18N2O. The summed E-state index contributed by atoms with van der Waals surface area (Å²) in [4.78, 5) is 2.55. The van der Waals surface area contributed by atoms with Gasteiger partial charge in [-0.25, -0.2) is 0 Å². The first-order valence-electron chi connectivity index (χ1n) is 6.04. The molecule has 86 valence electrons. The van der Waals surface area contributed by atoms with Crippen LogP contribution in [0.5, 0.6) is 0 Å². The van der Waals surface area contributed by atoms with E-state index < -0.39 is 0 Å². The molecule has 1 aromatic carbocycles. The van der Waals surface area contributed by atoms with Crippen LogP contribution in [-0.4, -0.2) is 43.3 Å². The van der Waals surface area contributed by atoms with E-state index in [1.54, 1.807) is 0 Å². The minimum Gasteiger partial charge on any atom is -0.374 e. The Labute approximate surface area is 96.4 Å². The molecule has 16 heavy (non-hydrogen) atoms. The lowest BCUT2D eigenvalue weighted by atomic mass is 10.1. The highest BCUT2D eigenvalue weighted by molar-refractivity contribution is 5.15. The fraction of sp³-hybridized carbons (Fsp3) is 0.538. The van der Waals surface area contributed by atoms with Gasteiger partial charge in [0.05, 0.1) is 12.7 Å². The molecule has 0 spiro atoms. The fourth-order valence-electron chi connectivity index (χ4n) is 2.68. The van der Waals surface area contributed by atoms with Crippen LogP contribution in [0.3, 0.4) is 0 Å². The van der Waals surface area contributed by atoms with Crippen LogP contribution in [0, 0.1) is 0 Å². The minimum atomic E-state index is 0.400. The first kappa shape index (κ1) is 10.3. The molecular weight excluding hydrogens is 200 g/mol. The standard InChI is InChI=1S/C13H18N2O/c1-2-4-11(5-3-1)10-15-6-7-16-13-9-14-8-12(13)15/h1-5,12-14H,6-10H2/t12-,13-/m1/s1. The highest BCUT2D eigenvalue weighted by atomic mass is 16.5. The zero-order chi connectivity index (χ0) is 10.8. The summed E-state index contributed by atoms with van der Waals surface area (Å²) in [7, 11) is 0. The number of ether oxygens (including phenoxy) is 1. The van der Waals surface area contributed by atoms with Crippen molar-refractivity contribution >= 4 is 0 Å². The first-order chi connectivity index (χ1) is 7.93. The first-order valence-corrected chi connectivity index (χ1v) is 6.04. The van der Waals surface area contributed by atoms with Crippen molar-refractivity contribution in [3.8, 4) is 0 Å². The van der Waals surface area contributed by atoms with E-state index >= 15 is 0 Å². The van der Waals surface area contributed by atoms with E-state index in [4.69, 9.17) is 4.74 Å². The smallest absolute Gasteiger partial charge is 0.0867 e. The average Bonchev–Trinajstić information content (AvgIpc) is 2.80. The number of morpholine rings is 1. The van der Waals surface area contributed by atoms with Crippen molar-refractivity contribution < 1.29 is 4.74 Å². The molecule has 0 bridgehead atoms. The van der Waals surface area contributed by atoms with Crippen molar-refractivity contribution in [2.24, 2.45) is 0 Å². The normalized spacial score (nSPS) is 30.2. The quantitative estimate of drug-likeness (QED) is 0.797. The lowest BCUT2D eigenvalue weighted by Crippen LogP contribution is -2.50. The topological polar surface area (TPSA) is 24.5 Å². The number of hydrogen-bond donors (Lipinski definition) is 1. The van der Waals surface area contributed by atoms with Crippen LogP contribution in [-0.2, 0) is 11.3 Å². The Balaban J connectivity index is 1.70. The van der Waals surface area contributed by atoms with Crippen molar-refractivity contribution in [2.45, 2.75) is 18.7 Å². The third kappa shape index (κ3) is 1.98. The van der Waals surface area contributed by atoms with E-state index in [9.17, 15) is 0 Å². The highest BCUT2D eigenvalue weighted by Gasteiger charge is 2.35. The molecule has 0 unspecified atom stereocenters. The highest BCUT2D eigenvalue weighted by Crippen LogP contribution is 2.19. The molecule has 2 heterocycles. The van der Waals surface area contributed by atoms with Crippen LogP contribution in [0.2, 0.25) is 0 Å². The minimum absolute atomic E-state index is 0.400. The Bertz CT molecular complexity index is 341. The molecule has 0 amide bonds. The zero-order valence-electron chi connectivity index (χ0n) is 9.43. The number of rotatable bonds is 2. The SMILES string of the molecule is c1ccc(CN2CCO[C@@H]3CNC[C@H]32)cc1. The number of benzene rings is 1. The van der Waals surface area contributed by atoms with Crippen molar-refractivity contribution in [3.63, 3.8) is 0 Å². The van der Waals surface area contributed by atoms with E-state index in [0.29, 0.717) is 12.1 Å². The Morgan fingerprint density at radius 2 is 2.12 bits per heavy atom. The molecule has 1 aromatic rings. The molecule has 0 saturated carbocycles. The average molecular weight is 218 g/mol. The molecule has 3 rings (SSSR count). The lowest BCUT2D eigenvalue weighted by Gasteiger charge is -2.36. The van der Waals surface area contributed by atoms with Gasteiger partial charge in [0.1, 0.15) is 0 Å². The summed E-state index contributed by atoms with van der Waals surface area (Å²) >= 11 is 0. The predicted molar refractivity (Wildman–Crippen MR) is 63.2 cm³/mol. The van der Waals surface area contributed by atoms with E-state index in [2.05, 4.69) is 40.5 Å². The summed E-state index contributed by atoms with van der Waals surface area (Å²) in [6.07, 6.45) is 0.400. The summed E-state index contributed by atoms with van der Waals surface area (Å²) in [6, 6.07) is 11.3. The van der Waals surface area contributed by atoms with Crippen LogP contribution >= 0.6 is 0 Å². The number of nitrogens with one attached hydrogen (secondary N) is 1. The van der Waals surface area contributed by atoms with Crippen LogP contribution in [0.1, 0.15) is 5.56 Å². The van der Waals surface area contributed by atoms with Crippen LogP contribution in [0.25, 0.3) is 0 Å². The maximum atomic E-state index is 5.77. The fourth-order valence-corrected chi connectivity index (χ4v) is 2.68. The third-order valence-electron chi connectivity index (χ3n) is 3.54. The van der Waals surface area contributed by atoms with E-state index in [0.717, 1.165) is 32.8 Å². The van der Waals surface area contributed by atoms with Gasteiger partial charge in [-0.15, -0.1) is 0 Å². The summed E-state index contributed by atoms with van der Waals surface area (Å²) < 4.78 is 5.77. The summed E-state index contributed by atoms with van der Waals surface area (Å²) in [5.74, 6) is 0. The third-order valence-corrected chi connectivity index (χ3v) is 3.54. The largest absolute Gasteiger partial charge is 0.374 e. The molecule has 0 aliphatic carbocycles. The van der Waals surface area contributed by atoms with Gasteiger partial charge < -0.3 is 10.1 Å². The van der Waals surface area contributed by atoms with E-state index in [-0.39, 0.29) is 0 Å². The molecule has 2 aliphatic rings. The van der Waals surface area contributed by atoms with E-state index in [1.807, 2.05) is 0 Å². The Kier molecular flexibility index (Phi) is 2.91. The van der Waals surface area contributed by atoms with Gasteiger partial charge in [0, 0.05) is 32.2 Å².